The molecular weight excluding hydrogens is 345 g/mol. The van der Waals surface area contributed by atoms with Crippen molar-refractivity contribution in [2.24, 2.45) is 7.05 Å². The van der Waals surface area contributed by atoms with Crippen molar-refractivity contribution >= 4 is 15.9 Å². The summed E-state index contributed by atoms with van der Waals surface area (Å²) in [5, 5.41) is 2.61. The summed E-state index contributed by atoms with van der Waals surface area (Å²) in [4.78, 5) is 12.4. The van der Waals surface area contributed by atoms with E-state index >= 15 is 0 Å². The minimum Gasteiger partial charge on any atom is -0.347 e. The molecule has 1 aromatic heterocycles. The molecule has 0 bridgehead atoms. The van der Waals surface area contributed by atoms with Crippen molar-refractivity contribution in [1.82, 2.24) is 14.2 Å². The number of benzene rings is 1. The fourth-order valence-corrected chi connectivity index (χ4v) is 4.05. The minimum atomic E-state index is -3.64. The van der Waals surface area contributed by atoms with E-state index in [0.29, 0.717) is 18.7 Å². The lowest BCUT2D eigenvalue weighted by atomic mass is 10.2. The molecule has 2 rings (SSSR count). The molecule has 1 N–H and O–H groups in total. The highest BCUT2D eigenvalue weighted by molar-refractivity contribution is 7.89. The first-order valence-corrected chi connectivity index (χ1v) is 9.43. The molecule has 2 aromatic rings. The fourth-order valence-electron chi connectivity index (χ4n) is 2.52. The number of carbonyl (C=O) groups is 1. The molecule has 136 valence electrons. The Balaban J connectivity index is 2.19. The van der Waals surface area contributed by atoms with E-state index in [4.69, 9.17) is 0 Å². The fraction of sp³-hybridized carbons (Fsp3) is 0.353. The van der Waals surface area contributed by atoms with E-state index in [-0.39, 0.29) is 17.1 Å². The standard InChI is InChI=1S/C17H22FN3O3S/c1-4-21(5-2)25(23,24)14-10-16(20(3)12-14)17(22)19-11-13-8-6-7-9-15(13)18/h6-10,12H,4-5,11H2,1-3H3,(H,19,22). The van der Waals surface area contributed by atoms with Crippen LogP contribution in [0.3, 0.4) is 0 Å². The van der Waals surface area contributed by atoms with Crippen molar-refractivity contribution in [2.45, 2.75) is 25.3 Å². The zero-order valence-electron chi connectivity index (χ0n) is 14.5. The Morgan fingerprint density at radius 1 is 1.24 bits per heavy atom. The number of nitrogens with zero attached hydrogens (tertiary/aromatic N) is 2. The Hall–Kier alpha value is -2.19. The zero-order chi connectivity index (χ0) is 18.6. The van der Waals surface area contributed by atoms with Crippen LogP contribution < -0.4 is 5.32 Å². The van der Waals surface area contributed by atoms with Gasteiger partial charge in [-0.3, -0.25) is 4.79 Å². The Morgan fingerprint density at radius 2 is 1.88 bits per heavy atom. The number of rotatable bonds is 7. The van der Waals surface area contributed by atoms with Gasteiger partial charge < -0.3 is 9.88 Å². The van der Waals surface area contributed by atoms with Gasteiger partial charge in [-0.05, 0) is 12.1 Å². The van der Waals surface area contributed by atoms with Crippen LogP contribution in [-0.2, 0) is 23.6 Å². The lowest BCUT2D eigenvalue weighted by Gasteiger charge is -2.17. The van der Waals surface area contributed by atoms with Crippen LogP contribution in [0.15, 0.2) is 41.4 Å². The van der Waals surface area contributed by atoms with Gasteiger partial charge in [0.05, 0.1) is 0 Å². The maximum Gasteiger partial charge on any atom is 0.268 e. The third-order valence-electron chi connectivity index (χ3n) is 3.95. The van der Waals surface area contributed by atoms with Crippen molar-refractivity contribution in [2.75, 3.05) is 13.1 Å². The van der Waals surface area contributed by atoms with Crippen molar-refractivity contribution in [1.29, 1.82) is 0 Å². The van der Waals surface area contributed by atoms with E-state index < -0.39 is 21.7 Å². The molecule has 25 heavy (non-hydrogen) atoms. The summed E-state index contributed by atoms with van der Waals surface area (Å²) in [6.07, 6.45) is 1.41. The summed E-state index contributed by atoms with van der Waals surface area (Å²) < 4.78 is 41.5. The molecule has 0 aliphatic carbocycles. The number of sulfonamides is 1. The van der Waals surface area contributed by atoms with Crippen molar-refractivity contribution in [3.05, 3.63) is 53.6 Å². The highest BCUT2D eigenvalue weighted by atomic mass is 32.2. The molecule has 0 aliphatic rings. The average Bonchev–Trinajstić information content (AvgIpc) is 2.97. The van der Waals surface area contributed by atoms with Crippen LogP contribution in [0.1, 0.15) is 29.9 Å². The zero-order valence-corrected chi connectivity index (χ0v) is 15.3. The first-order chi connectivity index (χ1) is 11.8. The number of nitrogens with one attached hydrogen (secondary N) is 1. The number of amides is 1. The molecule has 1 aromatic carbocycles. The van der Waals surface area contributed by atoms with Crippen LogP contribution in [0, 0.1) is 5.82 Å². The second-order valence-electron chi connectivity index (χ2n) is 5.54. The number of halogens is 1. The van der Waals surface area contributed by atoms with E-state index in [1.165, 1.54) is 27.2 Å². The average molecular weight is 367 g/mol. The van der Waals surface area contributed by atoms with Gasteiger partial charge in [0, 0.05) is 38.4 Å². The lowest BCUT2D eigenvalue weighted by Crippen LogP contribution is -2.30. The SMILES string of the molecule is CCN(CC)S(=O)(=O)c1cc(C(=O)NCc2ccccc2F)n(C)c1. The molecule has 0 spiro atoms. The summed E-state index contributed by atoms with van der Waals surface area (Å²) >= 11 is 0. The minimum absolute atomic E-state index is 0.0226. The van der Waals surface area contributed by atoms with Gasteiger partial charge in [0.1, 0.15) is 16.4 Å². The van der Waals surface area contributed by atoms with Gasteiger partial charge in [-0.25, -0.2) is 12.8 Å². The second-order valence-corrected chi connectivity index (χ2v) is 7.47. The smallest absolute Gasteiger partial charge is 0.268 e. The number of aryl methyl sites for hydroxylation is 1. The van der Waals surface area contributed by atoms with Crippen LogP contribution in [0.25, 0.3) is 0 Å². The predicted molar refractivity (Wildman–Crippen MR) is 93.1 cm³/mol. The van der Waals surface area contributed by atoms with Crippen LogP contribution in [0.2, 0.25) is 0 Å². The molecule has 0 saturated heterocycles. The largest absolute Gasteiger partial charge is 0.347 e. The molecule has 1 amide bonds. The monoisotopic (exact) mass is 367 g/mol. The lowest BCUT2D eigenvalue weighted by molar-refractivity contribution is 0.0942. The summed E-state index contributed by atoms with van der Waals surface area (Å²) in [5.41, 5.74) is 0.558. The van der Waals surface area contributed by atoms with Gasteiger partial charge in [-0.15, -0.1) is 0 Å². The topological polar surface area (TPSA) is 71.4 Å². The van der Waals surface area contributed by atoms with Gasteiger partial charge in [0.25, 0.3) is 5.91 Å². The third kappa shape index (κ3) is 4.08. The summed E-state index contributed by atoms with van der Waals surface area (Å²) in [6.45, 7) is 4.23. The Morgan fingerprint density at radius 3 is 2.48 bits per heavy atom. The van der Waals surface area contributed by atoms with E-state index in [1.54, 1.807) is 39.1 Å². The Labute approximate surface area is 147 Å². The molecule has 0 fully saturated rings. The van der Waals surface area contributed by atoms with E-state index in [2.05, 4.69) is 5.32 Å². The Bertz CT molecular complexity index is 858. The van der Waals surface area contributed by atoms with E-state index in [9.17, 15) is 17.6 Å². The molecule has 6 nitrogen and oxygen atoms in total. The second kappa shape index (κ2) is 7.79. The van der Waals surface area contributed by atoms with Crippen LogP contribution in [0.4, 0.5) is 4.39 Å². The number of hydrogen-bond donors (Lipinski definition) is 1. The molecular formula is C17H22FN3O3S. The van der Waals surface area contributed by atoms with Crippen LogP contribution in [-0.4, -0.2) is 36.3 Å². The molecule has 0 radical (unpaired) electrons. The Kier molecular flexibility index (Phi) is 5.97. The summed E-state index contributed by atoms with van der Waals surface area (Å²) in [7, 11) is -2.04. The van der Waals surface area contributed by atoms with Gasteiger partial charge >= 0.3 is 0 Å². The molecule has 1 heterocycles. The van der Waals surface area contributed by atoms with Crippen molar-refractivity contribution in [3.63, 3.8) is 0 Å². The number of carbonyl (C=O) groups excluding carboxylic acids is 1. The van der Waals surface area contributed by atoms with Gasteiger partial charge in [-0.1, -0.05) is 32.0 Å². The normalized spacial score (nSPS) is 11.7. The first kappa shape index (κ1) is 19.1. The molecule has 0 atom stereocenters. The number of hydrogen-bond acceptors (Lipinski definition) is 3. The van der Waals surface area contributed by atoms with Gasteiger partial charge in [-0.2, -0.15) is 4.31 Å². The van der Waals surface area contributed by atoms with Gasteiger partial charge in [0.15, 0.2) is 0 Å². The quantitative estimate of drug-likeness (QED) is 0.815. The third-order valence-corrected chi connectivity index (χ3v) is 5.97. The van der Waals surface area contributed by atoms with Gasteiger partial charge in [0.2, 0.25) is 10.0 Å². The van der Waals surface area contributed by atoms with E-state index in [1.807, 2.05) is 0 Å². The highest BCUT2D eigenvalue weighted by Gasteiger charge is 2.25. The number of aromatic nitrogens is 1. The predicted octanol–water partition coefficient (Wildman–Crippen LogP) is 2.12. The van der Waals surface area contributed by atoms with Crippen molar-refractivity contribution < 1.29 is 17.6 Å². The first-order valence-electron chi connectivity index (χ1n) is 7.99. The van der Waals surface area contributed by atoms with Crippen molar-refractivity contribution in [3.8, 4) is 0 Å². The maximum atomic E-state index is 13.6. The maximum absolute atomic E-state index is 13.6. The van der Waals surface area contributed by atoms with E-state index in [0.717, 1.165) is 0 Å². The summed E-state index contributed by atoms with van der Waals surface area (Å²) in [5.74, 6) is -0.869. The molecule has 0 saturated carbocycles. The highest BCUT2D eigenvalue weighted by Crippen LogP contribution is 2.18. The molecule has 0 unspecified atom stereocenters. The summed E-state index contributed by atoms with van der Waals surface area (Å²) in [6, 6.07) is 7.49. The van der Waals surface area contributed by atoms with Crippen LogP contribution >= 0.6 is 0 Å². The molecule has 8 heteroatoms. The van der Waals surface area contributed by atoms with Crippen LogP contribution in [0.5, 0.6) is 0 Å². The molecule has 0 aliphatic heterocycles.